The van der Waals surface area contributed by atoms with Crippen LogP contribution in [0.5, 0.6) is 5.75 Å². The molecule has 3 N–H and O–H groups in total. The Labute approximate surface area is 114 Å². The standard InChI is InChI=1S/C13H20N2O2.ClH/c1-9(14)12(16)15-10-5-7-11(8-6-10)17-13(2,3)4;/h5-9H,14H2,1-4H3,(H,15,16);1H/t9-;/m1./s1. The van der Waals surface area contributed by atoms with E-state index in [1.165, 1.54) is 0 Å². The molecule has 1 rings (SSSR count). The van der Waals surface area contributed by atoms with Gasteiger partial charge in [-0.3, -0.25) is 4.79 Å². The third-order valence-corrected chi connectivity index (χ3v) is 1.96. The first kappa shape index (κ1) is 16.7. The molecule has 1 aromatic carbocycles. The summed E-state index contributed by atoms with van der Waals surface area (Å²) >= 11 is 0. The summed E-state index contributed by atoms with van der Waals surface area (Å²) in [6, 6.07) is 6.72. The van der Waals surface area contributed by atoms with Crippen LogP contribution in [0.3, 0.4) is 0 Å². The minimum atomic E-state index is -0.513. The van der Waals surface area contributed by atoms with Gasteiger partial charge < -0.3 is 15.8 Å². The predicted octanol–water partition coefficient (Wildman–Crippen LogP) is 2.57. The SMILES string of the molecule is C[C@@H](N)C(=O)Nc1ccc(OC(C)(C)C)cc1.Cl. The van der Waals surface area contributed by atoms with Crippen molar-refractivity contribution in [3.05, 3.63) is 24.3 Å². The summed E-state index contributed by atoms with van der Waals surface area (Å²) in [5, 5.41) is 2.71. The van der Waals surface area contributed by atoms with Gasteiger partial charge in [0.15, 0.2) is 0 Å². The summed E-state index contributed by atoms with van der Waals surface area (Å²) in [6.45, 7) is 7.60. The van der Waals surface area contributed by atoms with Crippen molar-refractivity contribution < 1.29 is 9.53 Å². The summed E-state index contributed by atoms with van der Waals surface area (Å²) in [4.78, 5) is 11.4. The molecule has 18 heavy (non-hydrogen) atoms. The van der Waals surface area contributed by atoms with Gasteiger partial charge in [-0.15, -0.1) is 12.4 Å². The number of rotatable bonds is 3. The minimum absolute atomic E-state index is 0. The van der Waals surface area contributed by atoms with Crippen molar-refractivity contribution in [2.24, 2.45) is 5.73 Å². The van der Waals surface area contributed by atoms with E-state index >= 15 is 0 Å². The quantitative estimate of drug-likeness (QED) is 0.889. The van der Waals surface area contributed by atoms with Crippen LogP contribution in [0.4, 0.5) is 5.69 Å². The fraction of sp³-hybridized carbons (Fsp3) is 0.462. The topological polar surface area (TPSA) is 64.4 Å². The second kappa shape index (κ2) is 6.61. The lowest BCUT2D eigenvalue weighted by molar-refractivity contribution is -0.117. The summed E-state index contributed by atoms with van der Waals surface area (Å²) in [6.07, 6.45) is 0. The molecule has 0 radical (unpaired) electrons. The molecule has 0 spiro atoms. The number of hydrogen-bond acceptors (Lipinski definition) is 3. The highest BCUT2D eigenvalue weighted by molar-refractivity contribution is 5.94. The number of carbonyl (C=O) groups excluding carboxylic acids is 1. The maximum atomic E-state index is 11.4. The van der Waals surface area contributed by atoms with Gasteiger partial charge in [0.25, 0.3) is 0 Å². The van der Waals surface area contributed by atoms with Crippen molar-refractivity contribution >= 4 is 24.0 Å². The van der Waals surface area contributed by atoms with Crippen LogP contribution in [-0.4, -0.2) is 17.6 Å². The Balaban J connectivity index is 0.00000289. The molecule has 0 fully saturated rings. The highest BCUT2D eigenvalue weighted by Gasteiger charge is 2.12. The molecule has 1 amide bonds. The van der Waals surface area contributed by atoms with Crippen molar-refractivity contribution in [3.8, 4) is 5.75 Å². The van der Waals surface area contributed by atoms with Crippen LogP contribution in [0.15, 0.2) is 24.3 Å². The van der Waals surface area contributed by atoms with Crippen LogP contribution < -0.4 is 15.8 Å². The Bertz CT molecular complexity index is 383. The lowest BCUT2D eigenvalue weighted by atomic mass is 10.2. The van der Waals surface area contributed by atoms with E-state index < -0.39 is 6.04 Å². The Morgan fingerprint density at radius 2 is 1.78 bits per heavy atom. The second-order valence-electron chi connectivity index (χ2n) is 5.02. The van der Waals surface area contributed by atoms with Crippen LogP contribution in [0.2, 0.25) is 0 Å². The molecule has 0 saturated carbocycles. The Morgan fingerprint density at radius 3 is 2.17 bits per heavy atom. The summed E-state index contributed by atoms with van der Waals surface area (Å²) in [7, 11) is 0. The first-order chi connectivity index (χ1) is 7.78. The molecule has 102 valence electrons. The summed E-state index contributed by atoms with van der Waals surface area (Å²) in [5.41, 5.74) is 5.95. The van der Waals surface area contributed by atoms with Gasteiger partial charge >= 0.3 is 0 Å². The summed E-state index contributed by atoms with van der Waals surface area (Å²) in [5.74, 6) is 0.575. The lowest BCUT2D eigenvalue weighted by Crippen LogP contribution is -2.32. The first-order valence-corrected chi connectivity index (χ1v) is 5.63. The van der Waals surface area contributed by atoms with E-state index in [2.05, 4.69) is 5.32 Å². The molecule has 0 aliphatic carbocycles. The Kier molecular flexibility index (Phi) is 6.15. The van der Waals surface area contributed by atoms with Crippen molar-refractivity contribution in [1.82, 2.24) is 0 Å². The molecule has 5 heteroatoms. The van der Waals surface area contributed by atoms with Gasteiger partial charge in [0.1, 0.15) is 11.4 Å². The Morgan fingerprint density at radius 1 is 1.28 bits per heavy atom. The van der Waals surface area contributed by atoms with E-state index in [-0.39, 0.29) is 23.9 Å². The molecule has 0 aliphatic heterocycles. The molecule has 4 nitrogen and oxygen atoms in total. The highest BCUT2D eigenvalue weighted by Crippen LogP contribution is 2.20. The first-order valence-electron chi connectivity index (χ1n) is 5.63. The lowest BCUT2D eigenvalue weighted by Gasteiger charge is -2.21. The second-order valence-corrected chi connectivity index (χ2v) is 5.02. The van der Waals surface area contributed by atoms with Gasteiger partial charge in [-0.1, -0.05) is 0 Å². The van der Waals surface area contributed by atoms with E-state index in [4.69, 9.17) is 10.5 Å². The zero-order valence-corrected chi connectivity index (χ0v) is 12.0. The molecule has 1 aromatic rings. The van der Waals surface area contributed by atoms with E-state index in [9.17, 15) is 4.79 Å². The maximum Gasteiger partial charge on any atom is 0.240 e. The Hall–Kier alpha value is -1.26. The molecule has 0 unspecified atom stereocenters. The third-order valence-electron chi connectivity index (χ3n) is 1.96. The van der Waals surface area contributed by atoms with Crippen LogP contribution in [0.1, 0.15) is 27.7 Å². The van der Waals surface area contributed by atoms with E-state index in [1.54, 1.807) is 19.1 Å². The number of anilines is 1. The van der Waals surface area contributed by atoms with Crippen LogP contribution in [-0.2, 0) is 4.79 Å². The van der Waals surface area contributed by atoms with Gasteiger partial charge in [-0.2, -0.15) is 0 Å². The molecule has 0 saturated heterocycles. The average molecular weight is 273 g/mol. The fourth-order valence-electron chi connectivity index (χ4n) is 1.22. The molecule has 0 aromatic heterocycles. The smallest absolute Gasteiger partial charge is 0.240 e. The minimum Gasteiger partial charge on any atom is -0.488 e. The van der Waals surface area contributed by atoms with Gasteiger partial charge in [-0.05, 0) is 52.0 Å². The van der Waals surface area contributed by atoms with Crippen molar-refractivity contribution in [1.29, 1.82) is 0 Å². The number of ether oxygens (including phenoxy) is 1. The number of hydrogen-bond donors (Lipinski definition) is 2. The third kappa shape index (κ3) is 5.89. The number of amides is 1. The van der Waals surface area contributed by atoms with E-state index in [0.717, 1.165) is 5.75 Å². The molecular formula is C13H21ClN2O2. The molecular weight excluding hydrogens is 252 g/mol. The zero-order chi connectivity index (χ0) is 13.1. The molecule has 0 bridgehead atoms. The number of halogens is 1. The fourth-order valence-corrected chi connectivity index (χ4v) is 1.22. The number of carbonyl (C=O) groups is 1. The van der Waals surface area contributed by atoms with E-state index in [1.807, 2.05) is 32.9 Å². The number of nitrogens with one attached hydrogen (secondary N) is 1. The largest absolute Gasteiger partial charge is 0.488 e. The van der Waals surface area contributed by atoms with Gasteiger partial charge in [0, 0.05) is 5.69 Å². The molecule has 1 atom stereocenters. The normalized spacial score (nSPS) is 12.3. The monoisotopic (exact) mass is 272 g/mol. The van der Waals surface area contributed by atoms with Crippen molar-refractivity contribution in [2.45, 2.75) is 39.3 Å². The molecule has 0 aliphatic rings. The number of nitrogens with two attached hydrogens (primary N) is 1. The van der Waals surface area contributed by atoms with Crippen molar-refractivity contribution in [3.63, 3.8) is 0 Å². The van der Waals surface area contributed by atoms with Gasteiger partial charge in [-0.25, -0.2) is 0 Å². The summed E-state index contributed by atoms with van der Waals surface area (Å²) < 4.78 is 5.67. The van der Waals surface area contributed by atoms with Crippen molar-refractivity contribution in [2.75, 3.05) is 5.32 Å². The van der Waals surface area contributed by atoms with E-state index in [0.29, 0.717) is 5.69 Å². The highest BCUT2D eigenvalue weighted by atomic mass is 35.5. The van der Waals surface area contributed by atoms with Gasteiger partial charge in [0.05, 0.1) is 6.04 Å². The maximum absolute atomic E-state index is 11.4. The van der Waals surface area contributed by atoms with Crippen LogP contribution in [0.25, 0.3) is 0 Å². The van der Waals surface area contributed by atoms with Gasteiger partial charge in [0.2, 0.25) is 5.91 Å². The van der Waals surface area contributed by atoms with Crippen LogP contribution in [0, 0.1) is 0 Å². The average Bonchev–Trinajstić information content (AvgIpc) is 2.18. The number of benzene rings is 1. The molecule has 0 heterocycles. The van der Waals surface area contributed by atoms with Crippen LogP contribution >= 0.6 is 12.4 Å². The predicted molar refractivity (Wildman–Crippen MR) is 76.4 cm³/mol. The zero-order valence-electron chi connectivity index (χ0n) is 11.2.